The standard InChI is InChI=1S/C15H10FN3O2/c1-8-14(18-5-4-17-8)13-7-11(15(20)21)10-6-9(16)2-3-12(10)19-13/h2-7H,1H3,(H,20,21). The van der Waals surface area contributed by atoms with E-state index in [1.165, 1.54) is 30.5 Å². The maximum atomic E-state index is 13.3. The summed E-state index contributed by atoms with van der Waals surface area (Å²) in [6, 6.07) is 5.25. The Morgan fingerprint density at radius 3 is 2.67 bits per heavy atom. The van der Waals surface area contributed by atoms with Gasteiger partial charge in [0.15, 0.2) is 0 Å². The number of aromatic carboxylic acids is 1. The fraction of sp³-hybridized carbons (Fsp3) is 0.0667. The van der Waals surface area contributed by atoms with Gasteiger partial charge in [0.05, 0.1) is 22.5 Å². The summed E-state index contributed by atoms with van der Waals surface area (Å²) in [6.07, 6.45) is 3.06. The van der Waals surface area contributed by atoms with Gasteiger partial charge in [-0.1, -0.05) is 0 Å². The molecule has 6 heteroatoms. The summed E-state index contributed by atoms with van der Waals surface area (Å²) in [4.78, 5) is 24.1. The fourth-order valence-corrected chi connectivity index (χ4v) is 2.16. The SMILES string of the molecule is Cc1nccnc1-c1cc(C(=O)O)c2cc(F)ccc2n1. The van der Waals surface area contributed by atoms with Crippen molar-refractivity contribution < 1.29 is 14.3 Å². The minimum absolute atomic E-state index is 0.0143. The number of rotatable bonds is 2. The molecule has 0 amide bonds. The van der Waals surface area contributed by atoms with E-state index in [-0.39, 0.29) is 10.9 Å². The Hall–Kier alpha value is -2.89. The molecule has 0 atom stereocenters. The van der Waals surface area contributed by atoms with Gasteiger partial charge >= 0.3 is 5.97 Å². The average molecular weight is 283 g/mol. The maximum Gasteiger partial charge on any atom is 0.336 e. The predicted molar refractivity (Wildman–Crippen MR) is 74.4 cm³/mol. The number of fused-ring (bicyclic) bond motifs is 1. The number of nitrogens with zero attached hydrogens (tertiary/aromatic N) is 3. The molecule has 3 rings (SSSR count). The van der Waals surface area contributed by atoms with Gasteiger partial charge in [-0.2, -0.15) is 0 Å². The highest BCUT2D eigenvalue weighted by molar-refractivity contribution is 6.03. The number of aryl methyl sites for hydroxylation is 1. The fourth-order valence-electron chi connectivity index (χ4n) is 2.16. The van der Waals surface area contributed by atoms with Gasteiger partial charge in [-0.3, -0.25) is 9.97 Å². The van der Waals surface area contributed by atoms with Gasteiger partial charge in [-0.15, -0.1) is 0 Å². The molecular weight excluding hydrogens is 273 g/mol. The molecule has 0 saturated carbocycles. The van der Waals surface area contributed by atoms with E-state index in [2.05, 4.69) is 15.0 Å². The number of carbonyl (C=O) groups is 1. The van der Waals surface area contributed by atoms with Gasteiger partial charge in [0.25, 0.3) is 0 Å². The summed E-state index contributed by atoms with van der Waals surface area (Å²) in [7, 11) is 0. The van der Waals surface area contributed by atoms with Crippen LogP contribution in [0.5, 0.6) is 0 Å². The zero-order valence-electron chi connectivity index (χ0n) is 11.0. The molecule has 0 bridgehead atoms. The van der Waals surface area contributed by atoms with Crippen molar-refractivity contribution >= 4 is 16.9 Å². The highest BCUT2D eigenvalue weighted by Gasteiger charge is 2.15. The first-order valence-electron chi connectivity index (χ1n) is 6.18. The Balaban J connectivity index is 2.34. The first kappa shape index (κ1) is 13.1. The van der Waals surface area contributed by atoms with Crippen molar-refractivity contribution in [1.82, 2.24) is 15.0 Å². The predicted octanol–water partition coefficient (Wildman–Crippen LogP) is 2.84. The molecule has 0 aliphatic rings. The first-order valence-corrected chi connectivity index (χ1v) is 6.18. The van der Waals surface area contributed by atoms with Gasteiger partial charge in [0.2, 0.25) is 0 Å². The molecule has 0 radical (unpaired) electrons. The van der Waals surface area contributed by atoms with Crippen LogP contribution < -0.4 is 0 Å². The number of hydrogen-bond donors (Lipinski definition) is 1. The number of carboxylic acids is 1. The van der Waals surface area contributed by atoms with E-state index in [9.17, 15) is 14.3 Å². The summed E-state index contributed by atoms with van der Waals surface area (Å²) < 4.78 is 13.3. The van der Waals surface area contributed by atoms with Gasteiger partial charge in [-0.25, -0.2) is 14.2 Å². The number of aromatic nitrogens is 3. The van der Waals surface area contributed by atoms with Crippen molar-refractivity contribution in [2.45, 2.75) is 6.92 Å². The van der Waals surface area contributed by atoms with Crippen LogP contribution in [0.25, 0.3) is 22.3 Å². The van der Waals surface area contributed by atoms with Crippen LogP contribution in [0.1, 0.15) is 16.1 Å². The number of halogens is 1. The summed E-state index contributed by atoms with van der Waals surface area (Å²) in [5.41, 5.74) is 1.93. The molecule has 5 nitrogen and oxygen atoms in total. The number of benzene rings is 1. The minimum Gasteiger partial charge on any atom is -0.478 e. The molecule has 0 saturated heterocycles. The lowest BCUT2D eigenvalue weighted by molar-refractivity contribution is 0.0699. The van der Waals surface area contributed by atoms with Crippen molar-refractivity contribution in [1.29, 1.82) is 0 Å². The summed E-state index contributed by atoms with van der Waals surface area (Å²) in [6.45, 7) is 1.76. The molecule has 21 heavy (non-hydrogen) atoms. The molecule has 2 heterocycles. The van der Waals surface area contributed by atoms with E-state index in [0.29, 0.717) is 22.6 Å². The molecule has 0 spiro atoms. The quantitative estimate of drug-likeness (QED) is 0.782. The van der Waals surface area contributed by atoms with Gasteiger partial charge in [-0.05, 0) is 31.2 Å². The molecule has 0 fully saturated rings. The van der Waals surface area contributed by atoms with Crippen LogP contribution in [0.2, 0.25) is 0 Å². The third-order valence-electron chi connectivity index (χ3n) is 3.12. The van der Waals surface area contributed by atoms with Gasteiger partial charge in [0.1, 0.15) is 11.5 Å². The Kier molecular flexibility index (Phi) is 3.06. The molecule has 0 aliphatic heterocycles. The van der Waals surface area contributed by atoms with E-state index in [1.807, 2.05) is 0 Å². The van der Waals surface area contributed by atoms with Crippen molar-refractivity contribution in [2.75, 3.05) is 0 Å². The second kappa shape index (κ2) is 4.90. The van der Waals surface area contributed by atoms with E-state index < -0.39 is 11.8 Å². The van der Waals surface area contributed by atoms with Gasteiger partial charge < -0.3 is 5.11 Å². The molecule has 3 aromatic rings. The van der Waals surface area contributed by atoms with E-state index in [4.69, 9.17) is 0 Å². The summed E-state index contributed by atoms with van der Waals surface area (Å²) in [5, 5.41) is 9.59. The molecule has 1 N–H and O–H groups in total. The summed E-state index contributed by atoms with van der Waals surface area (Å²) >= 11 is 0. The normalized spacial score (nSPS) is 10.8. The zero-order valence-corrected chi connectivity index (χ0v) is 11.0. The topological polar surface area (TPSA) is 76.0 Å². The molecule has 104 valence electrons. The third kappa shape index (κ3) is 2.31. The van der Waals surface area contributed by atoms with Crippen LogP contribution in [-0.2, 0) is 0 Å². The lowest BCUT2D eigenvalue weighted by atomic mass is 10.1. The van der Waals surface area contributed by atoms with E-state index in [0.717, 1.165) is 0 Å². The van der Waals surface area contributed by atoms with Gasteiger partial charge in [0, 0.05) is 17.8 Å². The van der Waals surface area contributed by atoms with Crippen molar-refractivity contribution in [3.05, 3.63) is 53.7 Å². The molecular formula is C15H10FN3O2. The lowest BCUT2D eigenvalue weighted by Crippen LogP contribution is -2.02. The largest absolute Gasteiger partial charge is 0.478 e. The molecule has 0 unspecified atom stereocenters. The lowest BCUT2D eigenvalue weighted by Gasteiger charge is -2.08. The van der Waals surface area contributed by atoms with Crippen molar-refractivity contribution in [3.8, 4) is 11.4 Å². The monoisotopic (exact) mass is 283 g/mol. The van der Waals surface area contributed by atoms with Crippen LogP contribution in [0.15, 0.2) is 36.7 Å². The second-order valence-corrected chi connectivity index (χ2v) is 4.51. The van der Waals surface area contributed by atoms with Crippen molar-refractivity contribution in [2.24, 2.45) is 0 Å². The van der Waals surface area contributed by atoms with Crippen LogP contribution in [0.4, 0.5) is 4.39 Å². The van der Waals surface area contributed by atoms with E-state index in [1.54, 1.807) is 13.1 Å². The van der Waals surface area contributed by atoms with Crippen LogP contribution in [0, 0.1) is 12.7 Å². The smallest absolute Gasteiger partial charge is 0.336 e. The number of carboxylic acid groups (broad SMARTS) is 1. The summed E-state index contributed by atoms with van der Waals surface area (Å²) in [5.74, 6) is -1.65. The second-order valence-electron chi connectivity index (χ2n) is 4.51. The first-order chi connectivity index (χ1) is 10.1. The molecule has 2 aromatic heterocycles. The van der Waals surface area contributed by atoms with Crippen LogP contribution in [0.3, 0.4) is 0 Å². The van der Waals surface area contributed by atoms with E-state index >= 15 is 0 Å². The Bertz CT molecular complexity index is 865. The maximum absolute atomic E-state index is 13.3. The Morgan fingerprint density at radius 1 is 1.19 bits per heavy atom. The zero-order chi connectivity index (χ0) is 15.0. The third-order valence-corrected chi connectivity index (χ3v) is 3.12. The van der Waals surface area contributed by atoms with Crippen molar-refractivity contribution in [3.63, 3.8) is 0 Å². The Labute approximate surface area is 119 Å². The highest BCUT2D eigenvalue weighted by atomic mass is 19.1. The van der Waals surface area contributed by atoms with Crippen LogP contribution >= 0.6 is 0 Å². The average Bonchev–Trinajstić information content (AvgIpc) is 2.46. The Morgan fingerprint density at radius 2 is 1.95 bits per heavy atom. The number of pyridine rings is 1. The highest BCUT2D eigenvalue weighted by Crippen LogP contribution is 2.25. The minimum atomic E-state index is -1.14. The number of hydrogen-bond acceptors (Lipinski definition) is 4. The van der Waals surface area contributed by atoms with Crippen LogP contribution in [-0.4, -0.2) is 26.0 Å². The molecule has 1 aromatic carbocycles. The molecule has 0 aliphatic carbocycles.